The molecule has 0 aromatic heterocycles. The zero-order valence-electron chi connectivity index (χ0n) is 16.5. The average Bonchev–Trinajstić information content (AvgIpc) is 3.21. The van der Waals surface area contributed by atoms with Crippen molar-refractivity contribution in [1.82, 2.24) is 4.90 Å². The van der Waals surface area contributed by atoms with Crippen molar-refractivity contribution in [3.63, 3.8) is 0 Å². The lowest BCUT2D eigenvalue weighted by atomic mass is 9.91. The number of likely N-dealkylation sites (tertiary alicyclic amines) is 1. The number of rotatable bonds is 3. The lowest BCUT2D eigenvalue weighted by molar-refractivity contribution is 0.0939. The van der Waals surface area contributed by atoms with Crippen molar-refractivity contribution in [2.75, 3.05) is 23.9 Å². The largest absolute Gasteiger partial charge is 0.367 e. The fourth-order valence-electron chi connectivity index (χ4n) is 4.65. The predicted octanol–water partition coefficient (Wildman–Crippen LogP) is 3.16. The number of Topliss-reactive ketones (excluding diaryl/α,β-unsaturated/α-hetero) is 2. The SMILES string of the molecule is O=C1C(N2CCCCC2)=C(S(=O)(=O)N2CCc3ccccc32)C(=O)c2ccccc21. The van der Waals surface area contributed by atoms with E-state index in [1.165, 1.54) is 10.4 Å². The Hall–Kier alpha value is -2.93. The molecule has 0 bridgehead atoms. The average molecular weight is 423 g/mol. The number of hydrogen-bond donors (Lipinski definition) is 0. The molecular weight excluding hydrogens is 400 g/mol. The quantitative estimate of drug-likeness (QED) is 0.760. The fourth-order valence-corrected chi connectivity index (χ4v) is 6.45. The zero-order valence-corrected chi connectivity index (χ0v) is 17.3. The highest BCUT2D eigenvalue weighted by atomic mass is 32.2. The minimum absolute atomic E-state index is 0.0442. The molecule has 0 N–H and O–H groups in total. The summed E-state index contributed by atoms with van der Waals surface area (Å²) in [5, 5.41) is 0. The molecule has 1 saturated heterocycles. The third-order valence-corrected chi connectivity index (χ3v) is 7.97. The van der Waals surface area contributed by atoms with Gasteiger partial charge >= 0.3 is 0 Å². The molecule has 30 heavy (non-hydrogen) atoms. The van der Waals surface area contributed by atoms with Crippen LogP contribution in [0.3, 0.4) is 0 Å². The number of nitrogens with zero attached hydrogens (tertiary/aromatic N) is 2. The molecule has 0 radical (unpaired) electrons. The van der Waals surface area contributed by atoms with Crippen molar-refractivity contribution < 1.29 is 18.0 Å². The van der Waals surface area contributed by atoms with Gasteiger partial charge < -0.3 is 4.90 Å². The van der Waals surface area contributed by atoms with E-state index in [0.29, 0.717) is 25.2 Å². The summed E-state index contributed by atoms with van der Waals surface area (Å²) in [6.45, 7) is 1.42. The Bertz CT molecular complexity index is 1190. The van der Waals surface area contributed by atoms with E-state index in [1.54, 1.807) is 35.2 Å². The molecule has 0 atom stereocenters. The minimum Gasteiger partial charge on any atom is -0.367 e. The number of ketones is 2. The number of carbonyl (C=O) groups excluding carboxylic acids is 2. The molecule has 1 fully saturated rings. The highest BCUT2D eigenvalue weighted by molar-refractivity contribution is 7.97. The summed E-state index contributed by atoms with van der Waals surface area (Å²) in [4.78, 5) is 28.4. The molecule has 2 heterocycles. The Morgan fingerprint density at radius 1 is 0.733 bits per heavy atom. The summed E-state index contributed by atoms with van der Waals surface area (Å²) in [7, 11) is -4.20. The highest BCUT2D eigenvalue weighted by Gasteiger charge is 2.45. The maximum Gasteiger partial charge on any atom is 0.270 e. The molecule has 0 saturated carbocycles. The van der Waals surface area contributed by atoms with E-state index in [2.05, 4.69) is 0 Å². The standard InChI is InChI=1S/C23H22N2O4S/c26-21-17-9-3-4-10-18(17)22(27)23(20(21)24-13-6-1-7-14-24)30(28,29)25-15-12-16-8-2-5-11-19(16)25/h2-5,8-11H,1,6-7,12-15H2. The minimum atomic E-state index is -4.20. The third kappa shape index (κ3) is 2.80. The van der Waals surface area contributed by atoms with Gasteiger partial charge in [0.2, 0.25) is 11.6 Å². The highest BCUT2D eigenvalue weighted by Crippen LogP contribution is 2.38. The van der Waals surface area contributed by atoms with Crippen LogP contribution in [0.25, 0.3) is 0 Å². The number of allylic oxidation sites excluding steroid dienone is 2. The Kier molecular flexibility index (Phi) is 4.50. The fraction of sp³-hybridized carbons (Fsp3) is 0.304. The molecule has 0 amide bonds. The predicted molar refractivity (Wildman–Crippen MR) is 114 cm³/mol. The maximum atomic E-state index is 13.8. The van der Waals surface area contributed by atoms with E-state index in [4.69, 9.17) is 0 Å². The van der Waals surface area contributed by atoms with Gasteiger partial charge in [-0.25, -0.2) is 8.42 Å². The van der Waals surface area contributed by atoms with Crippen molar-refractivity contribution in [2.45, 2.75) is 25.7 Å². The van der Waals surface area contributed by atoms with Gasteiger partial charge in [-0.3, -0.25) is 13.9 Å². The summed E-state index contributed by atoms with van der Waals surface area (Å²) in [5.74, 6) is -0.965. The molecule has 2 aromatic carbocycles. The summed E-state index contributed by atoms with van der Waals surface area (Å²) in [6, 6.07) is 13.8. The number of piperidine rings is 1. The first-order valence-corrected chi connectivity index (χ1v) is 11.7. The van der Waals surface area contributed by atoms with E-state index in [0.717, 1.165) is 24.8 Å². The van der Waals surface area contributed by atoms with Crippen LogP contribution in [0.15, 0.2) is 59.1 Å². The van der Waals surface area contributed by atoms with Gasteiger partial charge in [-0.15, -0.1) is 0 Å². The van der Waals surface area contributed by atoms with Crippen LogP contribution < -0.4 is 4.31 Å². The van der Waals surface area contributed by atoms with Gasteiger partial charge in [0.05, 0.1) is 5.69 Å². The molecule has 6 nitrogen and oxygen atoms in total. The van der Waals surface area contributed by atoms with Crippen LogP contribution in [0.4, 0.5) is 5.69 Å². The molecule has 0 unspecified atom stereocenters. The number of fused-ring (bicyclic) bond motifs is 2. The van der Waals surface area contributed by atoms with Crippen molar-refractivity contribution in [3.8, 4) is 0 Å². The number of sulfonamides is 1. The molecule has 5 rings (SSSR count). The van der Waals surface area contributed by atoms with Crippen molar-refractivity contribution in [3.05, 3.63) is 75.8 Å². The zero-order chi connectivity index (χ0) is 20.9. The summed E-state index contributed by atoms with van der Waals surface area (Å²) < 4.78 is 29.0. The van der Waals surface area contributed by atoms with Crippen LogP contribution in [0.2, 0.25) is 0 Å². The Morgan fingerprint density at radius 3 is 2.10 bits per heavy atom. The summed E-state index contributed by atoms with van der Waals surface area (Å²) in [5.41, 5.74) is 2.00. The van der Waals surface area contributed by atoms with E-state index in [-0.39, 0.29) is 34.1 Å². The van der Waals surface area contributed by atoms with Crippen LogP contribution in [0.1, 0.15) is 45.5 Å². The van der Waals surface area contributed by atoms with Crippen LogP contribution in [0, 0.1) is 0 Å². The molecule has 3 aliphatic rings. The van der Waals surface area contributed by atoms with Gasteiger partial charge in [0.1, 0.15) is 5.70 Å². The molecule has 7 heteroatoms. The lowest BCUT2D eigenvalue weighted by Gasteiger charge is -2.34. The van der Waals surface area contributed by atoms with Gasteiger partial charge in [0.25, 0.3) is 10.0 Å². The first-order valence-electron chi connectivity index (χ1n) is 10.3. The molecule has 1 aliphatic carbocycles. The second kappa shape index (κ2) is 7.09. The number of carbonyl (C=O) groups is 2. The van der Waals surface area contributed by atoms with Crippen molar-refractivity contribution in [1.29, 1.82) is 0 Å². The molecule has 154 valence electrons. The maximum absolute atomic E-state index is 13.8. The molecule has 2 aromatic rings. The van der Waals surface area contributed by atoms with E-state index in [1.807, 2.05) is 12.1 Å². The van der Waals surface area contributed by atoms with Gasteiger partial charge in [-0.2, -0.15) is 0 Å². The van der Waals surface area contributed by atoms with Crippen molar-refractivity contribution >= 4 is 27.3 Å². The number of hydrogen-bond acceptors (Lipinski definition) is 5. The second-order valence-corrected chi connectivity index (χ2v) is 9.68. The van der Waals surface area contributed by atoms with Gasteiger partial charge in [0, 0.05) is 30.8 Å². The topological polar surface area (TPSA) is 74.8 Å². The van der Waals surface area contributed by atoms with Gasteiger partial charge in [0.15, 0.2) is 4.91 Å². The van der Waals surface area contributed by atoms with E-state index >= 15 is 0 Å². The Morgan fingerprint density at radius 2 is 1.37 bits per heavy atom. The lowest BCUT2D eigenvalue weighted by Crippen LogP contribution is -2.42. The Balaban J connectivity index is 1.71. The van der Waals surface area contributed by atoms with E-state index < -0.39 is 15.8 Å². The molecular formula is C23H22N2O4S. The van der Waals surface area contributed by atoms with Crippen LogP contribution in [-0.4, -0.2) is 44.5 Å². The summed E-state index contributed by atoms with van der Waals surface area (Å²) in [6.07, 6.45) is 3.35. The van der Waals surface area contributed by atoms with Crippen LogP contribution in [0.5, 0.6) is 0 Å². The number of para-hydroxylation sites is 1. The van der Waals surface area contributed by atoms with Gasteiger partial charge in [-0.1, -0.05) is 42.5 Å². The number of anilines is 1. The van der Waals surface area contributed by atoms with Crippen LogP contribution in [-0.2, 0) is 16.4 Å². The molecule has 2 aliphatic heterocycles. The van der Waals surface area contributed by atoms with Gasteiger partial charge in [-0.05, 0) is 37.3 Å². The molecule has 0 spiro atoms. The normalized spacial score (nSPS) is 19.2. The smallest absolute Gasteiger partial charge is 0.270 e. The Labute approximate surface area is 175 Å². The first kappa shape index (κ1) is 19.1. The first-order chi connectivity index (χ1) is 14.5. The number of benzene rings is 2. The third-order valence-electron chi connectivity index (χ3n) is 6.12. The second-order valence-electron chi connectivity index (χ2n) is 7.89. The summed E-state index contributed by atoms with van der Waals surface area (Å²) >= 11 is 0. The van der Waals surface area contributed by atoms with Crippen LogP contribution >= 0.6 is 0 Å². The monoisotopic (exact) mass is 422 g/mol. The van der Waals surface area contributed by atoms with Crippen molar-refractivity contribution in [2.24, 2.45) is 0 Å². The van der Waals surface area contributed by atoms with E-state index in [9.17, 15) is 18.0 Å².